The van der Waals surface area contributed by atoms with Crippen molar-refractivity contribution in [3.8, 4) is 66.8 Å². The quantitative estimate of drug-likeness (QED) is 0.0802. The molecule has 584 valence electrons. The van der Waals surface area contributed by atoms with Crippen LogP contribution >= 0.6 is 0 Å². The number of hydrogen-bond donors (Lipinski definition) is 0. The van der Waals surface area contributed by atoms with Gasteiger partial charge >= 0.3 is 0 Å². The Labute approximate surface area is 697 Å². The van der Waals surface area contributed by atoms with Crippen LogP contribution in [0.25, 0.3) is 127 Å². The van der Waals surface area contributed by atoms with Gasteiger partial charge in [0.05, 0.1) is 5.70 Å². The Morgan fingerprint density at radius 1 is 0.339 bits per heavy atom. The Morgan fingerprint density at radius 2 is 0.856 bits per heavy atom. The maximum Gasteiger partial charge on any atom is 0.143 e. The molecule has 14 aromatic rings. The third-order valence-electron chi connectivity index (χ3n) is 30.3. The minimum Gasteiger partial charge on any atom is -0.456 e. The van der Waals surface area contributed by atoms with Crippen LogP contribution in [0.3, 0.4) is 0 Å². The van der Waals surface area contributed by atoms with Gasteiger partial charge in [0.25, 0.3) is 0 Å². The van der Waals surface area contributed by atoms with Gasteiger partial charge in [-0.25, -0.2) is 0 Å². The number of para-hydroxylation sites is 2. The molecule has 8 aliphatic rings. The summed E-state index contributed by atoms with van der Waals surface area (Å²) in [7, 11) is 0. The molecule has 2 heterocycles. The lowest BCUT2D eigenvalue weighted by atomic mass is 9.70. The van der Waals surface area contributed by atoms with Crippen molar-refractivity contribution in [2.24, 2.45) is 0 Å². The van der Waals surface area contributed by atoms with Crippen molar-refractivity contribution < 1.29 is 8.83 Å². The number of furan rings is 2. The molecule has 0 saturated carbocycles. The van der Waals surface area contributed by atoms with Gasteiger partial charge in [0.2, 0.25) is 0 Å². The fourth-order valence-electron chi connectivity index (χ4n) is 24.0. The maximum absolute atomic E-state index is 7.22. The molecule has 2 aromatic heterocycles. The van der Waals surface area contributed by atoms with Gasteiger partial charge in [-0.05, 0) is 261 Å². The highest BCUT2D eigenvalue weighted by Crippen LogP contribution is 2.64. The van der Waals surface area contributed by atoms with Gasteiger partial charge in [-0.3, -0.25) is 0 Å². The highest BCUT2D eigenvalue weighted by molar-refractivity contribution is 6.19. The summed E-state index contributed by atoms with van der Waals surface area (Å²) in [6, 6.07) is 87.7. The second-order valence-electron chi connectivity index (χ2n) is 38.6. The van der Waals surface area contributed by atoms with Crippen molar-refractivity contribution in [2.45, 2.75) is 212 Å². The molecule has 0 amide bonds. The maximum atomic E-state index is 7.22. The summed E-state index contributed by atoms with van der Waals surface area (Å²) in [5.74, 6) is 0. The van der Waals surface area contributed by atoms with Crippen molar-refractivity contribution in [2.75, 3.05) is 4.90 Å². The van der Waals surface area contributed by atoms with E-state index < -0.39 is 5.41 Å². The Bertz CT molecular complexity index is 6810. The number of allylic oxidation sites excluding steroid dienone is 9. The first-order chi connectivity index (χ1) is 57.2. The van der Waals surface area contributed by atoms with Crippen molar-refractivity contribution in [3.05, 3.63) is 338 Å². The average Bonchev–Trinajstić information content (AvgIpc) is 1.52. The lowest BCUT2D eigenvalue weighted by Gasteiger charge is -2.33. The van der Waals surface area contributed by atoms with E-state index in [1.807, 2.05) is 0 Å². The molecule has 0 N–H and O–H groups in total. The van der Waals surface area contributed by atoms with E-state index in [1.54, 1.807) is 11.1 Å². The van der Waals surface area contributed by atoms with E-state index in [2.05, 4.69) is 337 Å². The largest absolute Gasteiger partial charge is 0.456 e. The van der Waals surface area contributed by atoms with E-state index in [0.717, 1.165) is 63.9 Å². The Hall–Kier alpha value is -11.3. The smallest absolute Gasteiger partial charge is 0.143 e. The van der Waals surface area contributed by atoms with E-state index in [1.165, 1.54) is 249 Å². The van der Waals surface area contributed by atoms with Crippen LogP contribution < -0.4 is 4.90 Å². The fraction of sp³-hybridized carbons (Fsp3) is 0.287. The van der Waals surface area contributed by atoms with Crippen LogP contribution in [0.1, 0.15) is 252 Å². The van der Waals surface area contributed by atoms with Crippen molar-refractivity contribution in [1.82, 2.24) is 0 Å². The SMILES string of the molecule is CCCCCCCC1(CCCCCCC)c2ccccc2-c2ccc(-c3ccc4c(c3)C(C)(C)C3=C4CCC(c4ccc(-c5cc6c(c7c5oc5ccccc57)-c5ccc(N(C7=CCC=CC8=C7c7ccccc7C8(C)C)c7ccc8c(c7)C(C)(C)c7cc9c(cc7-8)C(C)(C)c7ccc8oc%10ccccc%10c8c7-9)cc5C6(C)C)cc4)=C3)cc21. The summed E-state index contributed by atoms with van der Waals surface area (Å²) in [4.78, 5) is 2.64. The van der Waals surface area contributed by atoms with E-state index in [4.69, 9.17) is 8.83 Å². The first kappa shape index (κ1) is 73.1. The van der Waals surface area contributed by atoms with Crippen LogP contribution in [0.2, 0.25) is 0 Å². The van der Waals surface area contributed by atoms with Crippen molar-refractivity contribution in [3.63, 3.8) is 0 Å². The standard InChI is InChI=1S/C115H107NO2/c1-13-15-17-19-31-59-115(60-32-20-18-16-14-2)89-38-26-21-33-76(89)79-54-49-73(63-98(79)115)72-48-53-78-77-52-47-71(61-92(77)112(7,8)93(78)62-72)69-43-45-70(46-44-69)85-66-99-105(108-84-36-24-30-42-102(84)118-109(85)108)82-56-51-75(65-95(82)114(99,11)12)116(100-40-28-27-39-90-104(100)81-34-22-25-37-88(81)110(90,3)4)74-50-55-80-86-67-97-87(68-96(86)113(9,10)94(80)64-74)106-91(111(97,5)6)57-58-103-107(106)83-35-23-29-41-101(83)117-103/h21-27,29-30,33-46,48-51,53-58,61-68H,13-20,28,31-32,47,52,59-60H2,1-12H3. The molecule has 0 fully saturated rings. The van der Waals surface area contributed by atoms with Crippen molar-refractivity contribution >= 4 is 72.0 Å². The summed E-state index contributed by atoms with van der Waals surface area (Å²) >= 11 is 0. The van der Waals surface area contributed by atoms with E-state index in [-0.39, 0.29) is 27.1 Å². The van der Waals surface area contributed by atoms with Gasteiger partial charge < -0.3 is 13.7 Å². The summed E-state index contributed by atoms with van der Waals surface area (Å²) < 4.78 is 13.8. The fourth-order valence-corrected chi connectivity index (χ4v) is 24.0. The van der Waals surface area contributed by atoms with Gasteiger partial charge in [0.15, 0.2) is 0 Å². The number of benzene rings is 12. The molecule has 3 heteroatoms. The van der Waals surface area contributed by atoms with Gasteiger partial charge in [-0.1, -0.05) is 323 Å². The van der Waals surface area contributed by atoms with Crippen LogP contribution in [0.4, 0.5) is 11.4 Å². The molecule has 0 radical (unpaired) electrons. The third kappa shape index (κ3) is 10.5. The summed E-state index contributed by atoms with van der Waals surface area (Å²) in [6.45, 7) is 29.2. The third-order valence-corrected chi connectivity index (χ3v) is 30.3. The highest BCUT2D eigenvalue weighted by Gasteiger charge is 2.48. The Morgan fingerprint density at radius 3 is 1.58 bits per heavy atom. The number of unbranched alkanes of at least 4 members (excludes halogenated alkanes) is 8. The molecule has 0 aliphatic heterocycles. The first-order valence-corrected chi connectivity index (χ1v) is 44.6. The van der Waals surface area contributed by atoms with E-state index in [0.29, 0.717) is 0 Å². The Kier molecular flexibility index (Phi) is 16.5. The molecule has 118 heavy (non-hydrogen) atoms. The lowest BCUT2D eigenvalue weighted by Crippen LogP contribution is -2.25. The second-order valence-corrected chi connectivity index (χ2v) is 38.6. The topological polar surface area (TPSA) is 29.5 Å². The van der Waals surface area contributed by atoms with Crippen LogP contribution in [0.5, 0.6) is 0 Å². The van der Waals surface area contributed by atoms with Gasteiger partial charge in [0.1, 0.15) is 22.3 Å². The van der Waals surface area contributed by atoms with E-state index in [9.17, 15) is 0 Å². The molecule has 0 bridgehead atoms. The molecule has 22 rings (SSSR count). The predicted molar refractivity (Wildman–Crippen MR) is 498 cm³/mol. The number of hydrogen-bond acceptors (Lipinski definition) is 3. The molecular formula is C115H107NO2. The molecule has 12 aromatic carbocycles. The normalized spacial score (nSPS) is 17.5. The van der Waals surface area contributed by atoms with Gasteiger partial charge in [0, 0.05) is 76.5 Å². The first-order valence-electron chi connectivity index (χ1n) is 44.6. The molecule has 0 saturated heterocycles. The minimum atomic E-state index is -0.396. The van der Waals surface area contributed by atoms with E-state index >= 15 is 0 Å². The predicted octanol–water partition coefficient (Wildman–Crippen LogP) is 32.4. The molecule has 3 nitrogen and oxygen atoms in total. The summed E-state index contributed by atoms with van der Waals surface area (Å²) in [6.07, 6.45) is 28.3. The number of nitrogens with zero attached hydrogens (tertiary/aromatic N) is 1. The monoisotopic (exact) mass is 1530 g/mol. The molecule has 0 spiro atoms. The second kappa shape index (κ2) is 26.6. The van der Waals surface area contributed by atoms with Gasteiger partial charge in [-0.15, -0.1) is 0 Å². The van der Waals surface area contributed by atoms with Crippen LogP contribution in [-0.4, -0.2) is 0 Å². The Balaban J connectivity index is 0.608. The average molecular weight is 1540 g/mol. The molecule has 0 atom stereocenters. The van der Waals surface area contributed by atoms with Crippen LogP contribution in [0.15, 0.2) is 274 Å². The molecule has 8 aliphatic carbocycles. The number of rotatable bonds is 18. The zero-order valence-corrected chi connectivity index (χ0v) is 71.0. The summed E-state index contributed by atoms with van der Waals surface area (Å²) in [5.41, 5.74) is 47.0. The van der Waals surface area contributed by atoms with Crippen molar-refractivity contribution in [1.29, 1.82) is 0 Å². The summed E-state index contributed by atoms with van der Waals surface area (Å²) in [5, 5.41) is 4.75. The minimum absolute atomic E-state index is 0.0501. The van der Waals surface area contributed by atoms with Crippen LogP contribution in [0, 0.1) is 0 Å². The zero-order chi connectivity index (χ0) is 80.3. The van der Waals surface area contributed by atoms with Crippen LogP contribution in [-0.2, 0) is 32.5 Å². The lowest BCUT2D eigenvalue weighted by molar-refractivity contribution is 0.399. The highest BCUT2D eigenvalue weighted by atomic mass is 16.3. The molecular weight excluding hydrogens is 1430 g/mol. The zero-order valence-electron chi connectivity index (χ0n) is 71.0. The number of anilines is 2. The molecule has 0 unspecified atom stereocenters. The number of fused-ring (bicyclic) bond motifs is 24. The van der Waals surface area contributed by atoms with Gasteiger partial charge in [-0.2, -0.15) is 0 Å².